The Morgan fingerprint density at radius 3 is 2.60 bits per heavy atom. The molecule has 0 radical (unpaired) electrons. The molecule has 45 heavy (non-hydrogen) atoms. The number of carbonyl (C=O) groups is 1. The van der Waals surface area contributed by atoms with Gasteiger partial charge in [-0.15, -0.1) is 11.3 Å². The summed E-state index contributed by atoms with van der Waals surface area (Å²) in [4.78, 5) is 24.4. The summed E-state index contributed by atoms with van der Waals surface area (Å²) < 4.78 is 62.6. The highest BCUT2D eigenvalue weighted by atomic mass is 32.2. The number of nitrogens with zero attached hydrogens (tertiary/aromatic N) is 3. The Balaban J connectivity index is 1.31. The fourth-order valence-corrected chi connectivity index (χ4v) is 8.76. The molecule has 0 saturated carbocycles. The van der Waals surface area contributed by atoms with Crippen LogP contribution in [0, 0.1) is 24.4 Å². The third-order valence-corrected chi connectivity index (χ3v) is 10.9. The number of rotatable bonds is 8. The molecular formula is C33H27F3N4O3S2. The number of oxazole rings is 1. The maximum Gasteiger partial charge on any atom is 0.261 e. The van der Waals surface area contributed by atoms with E-state index >= 15 is 0 Å². The molecule has 1 N–H and O–H groups in total. The minimum atomic E-state index is -1.47. The van der Waals surface area contributed by atoms with Gasteiger partial charge in [-0.05, 0) is 80.1 Å². The van der Waals surface area contributed by atoms with E-state index in [1.807, 2.05) is 17.3 Å². The number of benzene rings is 2. The first-order valence-electron chi connectivity index (χ1n) is 14.5. The molecule has 2 atom stereocenters. The second kappa shape index (κ2) is 12.0. The van der Waals surface area contributed by atoms with Gasteiger partial charge in [0.1, 0.15) is 16.8 Å². The number of nitrogens with one attached hydrogen (secondary N) is 1. The van der Waals surface area contributed by atoms with Crippen LogP contribution in [0.5, 0.6) is 0 Å². The molecule has 2 aromatic carbocycles. The zero-order valence-corrected chi connectivity index (χ0v) is 25.7. The topological polar surface area (TPSA) is 88.3 Å². The molecule has 1 amide bonds. The van der Waals surface area contributed by atoms with E-state index in [1.165, 1.54) is 35.9 Å². The molecule has 5 heterocycles. The molecule has 12 heteroatoms. The first-order chi connectivity index (χ1) is 21.8. The quantitative estimate of drug-likeness (QED) is 0.194. The fraction of sp³-hybridized carbons (Fsp3) is 0.242. The van der Waals surface area contributed by atoms with Crippen molar-refractivity contribution in [3.63, 3.8) is 0 Å². The molecule has 2 unspecified atom stereocenters. The summed E-state index contributed by atoms with van der Waals surface area (Å²) in [6.07, 6.45) is 4.22. The molecule has 7 nitrogen and oxygen atoms in total. The third-order valence-electron chi connectivity index (χ3n) is 8.21. The van der Waals surface area contributed by atoms with Crippen LogP contribution in [0.1, 0.15) is 56.8 Å². The van der Waals surface area contributed by atoms with Crippen LogP contribution in [0.2, 0.25) is 0 Å². The number of fused-ring (bicyclic) bond motifs is 3. The van der Waals surface area contributed by atoms with Crippen molar-refractivity contribution < 1.29 is 26.6 Å². The van der Waals surface area contributed by atoms with E-state index in [-0.39, 0.29) is 24.3 Å². The predicted octanol–water partition coefficient (Wildman–Crippen LogP) is 7.08. The van der Waals surface area contributed by atoms with Gasteiger partial charge in [0, 0.05) is 23.5 Å². The number of pyridine rings is 1. The van der Waals surface area contributed by atoms with Crippen LogP contribution in [-0.4, -0.2) is 30.9 Å². The van der Waals surface area contributed by atoms with Crippen molar-refractivity contribution in [1.82, 2.24) is 19.6 Å². The number of hydrogen-bond acceptors (Lipinski definition) is 6. The van der Waals surface area contributed by atoms with Gasteiger partial charge in [0.15, 0.2) is 23.8 Å². The lowest BCUT2D eigenvalue weighted by Crippen LogP contribution is -2.21. The van der Waals surface area contributed by atoms with Crippen molar-refractivity contribution in [3.8, 4) is 21.8 Å². The Hall–Kier alpha value is -4.13. The Bertz CT molecular complexity index is 1960. The third kappa shape index (κ3) is 5.51. The highest BCUT2D eigenvalue weighted by Gasteiger charge is 2.44. The van der Waals surface area contributed by atoms with Crippen molar-refractivity contribution in [2.75, 3.05) is 6.54 Å². The lowest BCUT2D eigenvalue weighted by molar-refractivity contribution is 0.0955. The first-order valence-corrected chi connectivity index (χ1v) is 16.4. The Labute approximate surface area is 263 Å². The lowest BCUT2D eigenvalue weighted by atomic mass is 9.95. The van der Waals surface area contributed by atoms with Crippen LogP contribution in [0.25, 0.3) is 21.8 Å². The number of hydrogen-bond donors (Lipinski definition) is 1. The van der Waals surface area contributed by atoms with E-state index in [9.17, 15) is 22.2 Å². The number of amides is 1. The number of thiophene rings is 1. The Morgan fingerprint density at radius 2 is 1.84 bits per heavy atom. The molecule has 2 aliphatic heterocycles. The standard InChI is InChI=1S/C33H27F3N4O3S2/c1-18-31(43-17-38-18)28-24(11-7-19-4-8-21(34)9-5-19)39-30-25-3-2-14-40(25)45(42)32(30)29(28)26-12-13-27(44-26)33(41)37-16-20-6-10-22(35)23(36)15-20/h4-6,8-10,12-13,15,17,25H,2-3,7,11,14,16H2,1H3,(H,37,41). The average molecular weight is 649 g/mol. The van der Waals surface area contributed by atoms with Crippen LogP contribution in [0.3, 0.4) is 0 Å². The minimum absolute atomic E-state index is 0.0185. The van der Waals surface area contributed by atoms with Gasteiger partial charge in [-0.3, -0.25) is 9.78 Å². The molecule has 2 aliphatic rings. The maximum absolute atomic E-state index is 14.0. The highest BCUT2D eigenvalue weighted by molar-refractivity contribution is 7.83. The van der Waals surface area contributed by atoms with Gasteiger partial charge in [-0.2, -0.15) is 0 Å². The molecule has 0 bridgehead atoms. The van der Waals surface area contributed by atoms with Crippen LogP contribution < -0.4 is 5.32 Å². The van der Waals surface area contributed by atoms with E-state index in [4.69, 9.17) is 9.40 Å². The zero-order chi connectivity index (χ0) is 31.2. The van der Waals surface area contributed by atoms with E-state index < -0.39 is 22.6 Å². The number of aromatic nitrogens is 2. The monoisotopic (exact) mass is 648 g/mol. The maximum atomic E-state index is 14.0. The van der Waals surface area contributed by atoms with E-state index in [1.54, 1.807) is 18.2 Å². The fourth-order valence-electron chi connectivity index (χ4n) is 6.00. The molecule has 3 aromatic heterocycles. The zero-order valence-electron chi connectivity index (χ0n) is 24.1. The van der Waals surface area contributed by atoms with Gasteiger partial charge < -0.3 is 9.73 Å². The van der Waals surface area contributed by atoms with Crippen molar-refractivity contribution in [2.45, 2.75) is 50.1 Å². The summed E-state index contributed by atoms with van der Waals surface area (Å²) in [5.41, 5.74) is 4.91. The molecule has 0 aliphatic carbocycles. The van der Waals surface area contributed by atoms with Gasteiger partial charge in [-0.1, -0.05) is 18.2 Å². The normalized spacial score (nSPS) is 17.4. The van der Waals surface area contributed by atoms with E-state index in [0.717, 1.165) is 46.8 Å². The van der Waals surface area contributed by atoms with Crippen LogP contribution in [-0.2, 0) is 30.4 Å². The lowest BCUT2D eigenvalue weighted by Gasteiger charge is -2.17. The van der Waals surface area contributed by atoms with Crippen LogP contribution in [0.4, 0.5) is 13.2 Å². The molecule has 0 spiro atoms. The molecule has 5 aromatic rings. The number of carbonyl (C=O) groups excluding carboxylic acids is 1. The van der Waals surface area contributed by atoms with E-state index in [0.29, 0.717) is 57.3 Å². The van der Waals surface area contributed by atoms with Gasteiger partial charge in [0.25, 0.3) is 5.91 Å². The Kier molecular flexibility index (Phi) is 7.88. The largest absolute Gasteiger partial charge is 0.443 e. The molecule has 230 valence electrons. The highest BCUT2D eigenvalue weighted by Crippen LogP contribution is 2.51. The molecular weight excluding hydrogens is 622 g/mol. The molecule has 1 fully saturated rings. The van der Waals surface area contributed by atoms with Gasteiger partial charge in [0.05, 0.1) is 38.5 Å². The van der Waals surface area contributed by atoms with Gasteiger partial charge in [0.2, 0.25) is 0 Å². The summed E-state index contributed by atoms with van der Waals surface area (Å²) in [7, 11) is -1.47. The van der Waals surface area contributed by atoms with Crippen LogP contribution >= 0.6 is 11.3 Å². The average Bonchev–Trinajstić information content (AvgIpc) is 3.84. The van der Waals surface area contributed by atoms with Crippen LogP contribution in [0.15, 0.2) is 70.3 Å². The summed E-state index contributed by atoms with van der Waals surface area (Å²) >= 11 is 1.24. The SMILES string of the molecule is Cc1ncoc1-c1c(CCc2ccc(F)cc2)nc2c(c1-c1ccc(C(=O)NCc3ccc(F)c(F)c3)s1)S(=O)N1CCCC21. The first kappa shape index (κ1) is 29.6. The van der Waals surface area contributed by atoms with Gasteiger partial charge in [-0.25, -0.2) is 26.7 Å². The smallest absolute Gasteiger partial charge is 0.261 e. The summed E-state index contributed by atoms with van der Waals surface area (Å²) in [5, 5.41) is 2.77. The van der Waals surface area contributed by atoms with Crippen molar-refractivity contribution in [2.24, 2.45) is 0 Å². The predicted molar refractivity (Wildman–Crippen MR) is 164 cm³/mol. The van der Waals surface area contributed by atoms with Crippen molar-refractivity contribution in [1.29, 1.82) is 0 Å². The molecule has 1 saturated heterocycles. The second-order valence-electron chi connectivity index (χ2n) is 11.1. The second-order valence-corrected chi connectivity index (χ2v) is 13.5. The summed E-state index contributed by atoms with van der Waals surface area (Å²) in [5.74, 6) is -2.11. The number of aryl methyl sites for hydroxylation is 3. The summed E-state index contributed by atoms with van der Waals surface area (Å²) in [6.45, 7) is 2.54. The molecule has 7 rings (SSSR count). The van der Waals surface area contributed by atoms with E-state index in [2.05, 4.69) is 10.3 Å². The summed E-state index contributed by atoms with van der Waals surface area (Å²) in [6, 6.07) is 13.3. The van der Waals surface area contributed by atoms with Gasteiger partial charge >= 0.3 is 0 Å². The minimum Gasteiger partial charge on any atom is -0.443 e. The Morgan fingerprint density at radius 1 is 1.04 bits per heavy atom. The van der Waals surface area contributed by atoms with Crippen molar-refractivity contribution in [3.05, 3.63) is 112 Å². The number of halogens is 3. The van der Waals surface area contributed by atoms with Crippen molar-refractivity contribution >= 4 is 28.2 Å².